The number of ether oxygens (including phenoxy) is 1. The van der Waals surface area contributed by atoms with E-state index in [9.17, 15) is 17.6 Å². The van der Waals surface area contributed by atoms with Crippen molar-refractivity contribution in [1.29, 1.82) is 0 Å². The summed E-state index contributed by atoms with van der Waals surface area (Å²) in [5.41, 5.74) is 3.43. The van der Waals surface area contributed by atoms with Crippen molar-refractivity contribution in [3.63, 3.8) is 0 Å². The van der Waals surface area contributed by atoms with Gasteiger partial charge < -0.3 is 4.74 Å². The van der Waals surface area contributed by atoms with Crippen LogP contribution in [-0.2, 0) is 17.6 Å². The Hall–Kier alpha value is -3.18. The smallest absolute Gasteiger partial charge is 0.167 e. The second kappa shape index (κ2) is 10.4. The van der Waals surface area contributed by atoms with Crippen LogP contribution in [0.25, 0.3) is 16.7 Å². The molecular formula is C31H28F4O. The third kappa shape index (κ3) is 5.03. The van der Waals surface area contributed by atoms with Crippen molar-refractivity contribution >= 4 is 5.57 Å². The summed E-state index contributed by atoms with van der Waals surface area (Å²) in [4.78, 5) is 0. The summed E-state index contributed by atoms with van der Waals surface area (Å²) in [7, 11) is 0. The summed E-state index contributed by atoms with van der Waals surface area (Å²) >= 11 is 0. The predicted molar refractivity (Wildman–Crippen MR) is 134 cm³/mol. The lowest BCUT2D eigenvalue weighted by atomic mass is 9.86. The quantitative estimate of drug-likeness (QED) is 0.183. The van der Waals surface area contributed by atoms with E-state index in [0.29, 0.717) is 42.1 Å². The number of benzene rings is 3. The number of allylic oxidation sites excluding steroid dienone is 4. The second-order valence-corrected chi connectivity index (χ2v) is 9.54. The molecule has 0 bridgehead atoms. The number of hydrogen-bond acceptors (Lipinski definition) is 1. The fraction of sp³-hybridized carbons (Fsp3) is 0.290. The van der Waals surface area contributed by atoms with Crippen molar-refractivity contribution in [1.82, 2.24) is 0 Å². The Kier molecular flexibility index (Phi) is 7.10. The van der Waals surface area contributed by atoms with Gasteiger partial charge in [-0.15, -0.1) is 0 Å². The van der Waals surface area contributed by atoms with Crippen molar-refractivity contribution in [2.75, 3.05) is 6.61 Å². The Morgan fingerprint density at radius 1 is 0.833 bits per heavy atom. The first-order valence-electron chi connectivity index (χ1n) is 12.4. The van der Waals surface area contributed by atoms with E-state index in [4.69, 9.17) is 4.74 Å². The molecule has 1 fully saturated rings. The molecule has 1 nitrogen and oxygen atoms in total. The summed E-state index contributed by atoms with van der Waals surface area (Å²) in [5.74, 6) is -2.88. The number of rotatable bonds is 7. The van der Waals surface area contributed by atoms with Gasteiger partial charge in [-0.1, -0.05) is 66.8 Å². The van der Waals surface area contributed by atoms with Crippen LogP contribution in [0.15, 0.2) is 66.8 Å². The molecule has 0 saturated carbocycles. The van der Waals surface area contributed by atoms with Gasteiger partial charge in [0.15, 0.2) is 23.3 Å². The zero-order valence-corrected chi connectivity index (χ0v) is 20.2. The summed E-state index contributed by atoms with van der Waals surface area (Å²) in [6.45, 7) is 2.40. The van der Waals surface area contributed by atoms with Gasteiger partial charge >= 0.3 is 0 Å². The Morgan fingerprint density at radius 3 is 2.22 bits per heavy atom. The molecule has 1 saturated heterocycles. The van der Waals surface area contributed by atoms with E-state index in [1.165, 1.54) is 0 Å². The van der Waals surface area contributed by atoms with Gasteiger partial charge in [0, 0.05) is 16.7 Å². The molecule has 5 heteroatoms. The van der Waals surface area contributed by atoms with Gasteiger partial charge in [-0.3, -0.25) is 0 Å². The lowest BCUT2D eigenvalue weighted by molar-refractivity contribution is 0.401. The van der Waals surface area contributed by atoms with Crippen LogP contribution in [0.5, 0.6) is 0 Å². The van der Waals surface area contributed by atoms with E-state index in [0.717, 1.165) is 30.4 Å². The zero-order valence-electron chi connectivity index (χ0n) is 20.2. The lowest BCUT2D eigenvalue weighted by Crippen LogP contribution is -2.06. The molecule has 0 aromatic heterocycles. The van der Waals surface area contributed by atoms with E-state index in [1.807, 2.05) is 19.1 Å². The summed E-state index contributed by atoms with van der Waals surface area (Å²) < 4.78 is 63.8. The molecule has 186 valence electrons. The molecule has 3 aromatic carbocycles. The van der Waals surface area contributed by atoms with E-state index in [2.05, 4.69) is 6.08 Å². The van der Waals surface area contributed by atoms with Crippen LogP contribution in [0.3, 0.4) is 0 Å². The number of aryl methyl sites for hydroxylation is 2. The maximum Gasteiger partial charge on any atom is 0.167 e. The average Bonchev–Trinajstić information content (AvgIpc) is 3.73. The Labute approximate surface area is 209 Å². The Balaban J connectivity index is 1.26. The van der Waals surface area contributed by atoms with Gasteiger partial charge in [0.1, 0.15) is 6.10 Å². The number of hydrogen-bond donors (Lipinski definition) is 0. The standard InChI is InChI=1S/C31H28F4O/c1-2-3-19-4-9-21(10-5-19)24-15-14-23(28(32)29(24)33)13-8-20-6-11-22(12-7-20)25-16-17-26(27-18-36-27)31(35)30(25)34/h2-3,6-7,9,11-12,14-17,19,27H,4-5,8,10,13,18H2,1H3/b3-2+. The van der Waals surface area contributed by atoms with Crippen molar-refractivity contribution < 1.29 is 22.3 Å². The lowest BCUT2D eigenvalue weighted by Gasteiger charge is -2.20. The maximum atomic E-state index is 14.9. The molecule has 3 aromatic rings. The minimum absolute atomic E-state index is 0.182. The first-order chi connectivity index (χ1) is 17.5. The molecule has 36 heavy (non-hydrogen) atoms. The highest BCUT2D eigenvalue weighted by Gasteiger charge is 2.30. The van der Waals surface area contributed by atoms with E-state index >= 15 is 0 Å². The van der Waals surface area contributed by atoms with Gasteiger partial charge in [-0.05, 0) is 67.2 Å². The third-order valence-corrected chi connectivity index (χ3v) is 7.16. The van der Waals surface area contributed by atoms with Gasteiger partial charge in [-0.2, -0.15) is 0 Å². The second-order valence-electron chi connectivity index (χ2n) is 9.54. The molecule has 0 N–H and O–H groups in total. The summed E-state index contributed by atoms with van der Waals surface area (Å²) in [6, 6.07) is 13.5. The molecule has 0 amide bonds. The first-order valence-corrected chi connectivity index (χ1v) is 12.4. The Bertz CT molecular complexity index is 1320. The topological polar surface area (TPSA) is 12.5 Å². The van der Waals surface area contributed by atoms with E-state index in [1.54, 1.807) is 48.5 Å². The summed E-state index contributed by atoms with van der Waals surface area (Å²) in [5, 5.41) is 0. The molecule has 5 rings (SSSR count). The molecule has 2 aliphatic rings. The minimum Gasteiger partial charge on any atom is -0.368 e. The fourth-order valence-electron chi connectivity index (χ4n) is 4.97. The minimum atomic E-state index is -0.890. The molecule has 2 unspecified atom stereocenters. The Morgan fingerprint density at radius 2 is 1.56 bits per heavy atom. The number of epoxide rings is 1. The molecule has 2 atom stereocenters. The maximum absolute atomic E-state index is 14.9. The largest absolute Gasteiger partial charge is 0.368 e. The highest BCUT2D eigenvalue weighted by atomic mass is 19.2. The van der Waals surface area contributed by atoms with Gasteiger partial charge in [-0.25, -0.2) is 17.6 Å². The van der Waals surface area contributed by atoms with Crippen LogP contribution >= 0.6 is 0 Å². The average molecular weight is 493 g/mol. The van der Waals surface area contributed by atoms with Crippen LogP contribution in [0, 0.1) is 29.2 Å². The van der Waals surface area contributed by atoms with Crippen LogP contribution in [0.2, 0.25) is 0 Å². The van der Waals surface area contributed by atoms with E-state index in [-0.39, 0.29) is 17.2 Å². The van der Waals surface area contributed by atoms with Crippen molar-refractivity contribution in [2.24, 2.45) is 5.92 Å². The normalized spacial score (nSPS) is 19.5. The summed E-state index contributed by atoms with van der Waals surface area (Å²) in [6.07, 6.45) is 9.21. The molecule has 1 heterocycles. The SMILES string of the molecule is C/C=C/C1CC=C(c2ccc(CCc3ccc(-c4ccc(C5CO5)c(F)c4F)cc3)c(F)c2F)CC1. The van der Waals surface area contributed by atoms with Gasteiger partial charge in [0.05, 0.1) is 6.61 Å². The van der Waals surface area contributed by atoms with Gasteiger partial charge in [0.25, 0.3) is 0 Å². The van der Waals surface area contributed by atoms with Crippen molar-refractivity contribution in [3.05, 3.63) is 112 Å². The van der Waals surface area contributed by atoms with Gasteiger partial charge in [0.2, 0.25) is 0 Å². The van der Waals surface area contributed by atoms with Crippen LogP contribution in [0.1, 0.15) is 54.5 Å². The number of halogens is 4. The molecule has 1 aliphatic heterocycles. The molecule has 1 aliphatic carbocycles. The third-order valence-electron chi connectivity index (χ3n) is 7.16. The highest BCUT2D eigenvalue weighted by Crippen LogP contribution is 2.36. The monoisotopic (exact) mass is 492 g/mol. The van der Waals surface area contributed by atoms with Crippen molar-refractivity contribution in [3.8, 4) is 11.1 Å². The zero-order chi connectivity index (χ0) is 25.2. The van der Waals surface area contributed by atoms with E-state index < -0.39 is 23.3 Å². The van der Waals surface area contributed by atoms with Crippen molar-refractivity contribution in [2.45, 2.75) is 45.1 Å². The molecular weight excluding hydrogens is 464 g/mol. The van der Waals surface area contributed by atoms with Crippen LogP contribution in [0.4, 0.5) is 17.6 Å². The first kappa shape index (κ1) is 24.5. The van der Waals surface area contributed by atoms with Crippen LogP contribution < -0.4 is 0 Å². The molecule has 0 radical (unpaired) electrons. The predicted octanol–water partition coefficient (Wildman–Crippen LogP) is 8.53. The highest BCUT2D eigenvalue weighted by molar-refractivity contribution is 5.67. The fourth-order valence-corrected chi connectivity index (χ4v) is 4.97. The van der Waals surface area contributed by atoms with Crippen LogP contribution in [-0.4, -0.2) is 6.61 Å². The molecule has 0 spiro atoms.